The van der Waals surface area contributed by atoms with E-state index >= 15 is 0 Å². The second kappa shape index (κ2) is 6.37. The largest absolute Gasteiger partial charge is 0.391 e. The third kappa shape index (κ3) is 2.95. The van der Waals surface area contributed by atoms with Gasteiger partial charge in [0.15, 0.2) is 0 Å². The SMILES string of the molecule is CCN(CC)c1ccc(CC2C(O)C3CCN2CC3)cc1. The van der Waals surface area contributed by atoms with Crippen molar-refractivity contribution in [2.45, 2.75) is 45.3 Å². The molecule has 3 heterocycles. The molecule has 4 rings (SSSR count). The topological polar surface area (TPSA) is 26.7 Å². The number of fused-ring (bicyclic) bond motifs is 3. The Morgan fingerprint density at radius 2 is 1.71 bits per heavy atom. The second-order valence-corrected chi connectivity index (χ2v) is 6.47. The van der Waals surface area contributed by atoms with Gasteiger partial charge in [0.25, 0.3) is 0 Å². The van der Waals surface area contributed by atoms with Crippen molar-refractivity contribution in [2.75, 3.05) is 31.1 Å². The van der Waals surface area contributed by atoms with Crippen LogP contribution in [0.4, 0.5) is 5.69 Å². The molecule has 3 aliphatic rings. The fraction of sp³-hybridized carbons (Fsp3) is 0.667. The average Bonchev–Trinajstić information content (AvgIpc) is 2.54. The highest BCUT2D eigenvalue weighted by Gasteiger charge is 2.40. The fourth-order valence-corrected chi connectivity index (χ4v) is 4.05. The van der Waals surface area contributed by atoms with E-state index in [9.17, 15) is 5.11 Å². The smallest absolute Gasteiger partial charge is 0.0727 e. The Labute approximate surface area is 128 Å². The zero-order valence-corrected chi connectivity index (χ0v) is 13.3. The quantitative estimate of drug-likeness (QED) is 0.902. The van der Waals surface area contributed by atoms with Crippen LogP contribution in [0, 0.1) is 5.92 Å². The van der Waals surface area contributed by atoms with E-state index in [4.69, 9.17) is 0 Å². The Kier molecular flexibility index (Phi) is 4.51. The molecule has 2 unspecified atom stereocenters. The molecule has 0 radical (unpaired) electrons. The molecule has 0 aromatic heterocycles. The molecule has 1 aromatic carbocycles. The second-order valence-electron chi connectivity index (χ2n) is 6.47. The third-order valence-electron chi connectivity index (χ3n) is 5.43. The lowest BCUT2D eigenvalue weighted by atomic mass is 9.78. The number of rotatable bonds is 5. The normalized spacial score (nSPS) is 31.4. The molecule has 3 fully saturated rings. The molecule has 0 amide bonds. The first kappa shape index (κ1) is 14.9. The molecule has 3 nitrogen and oxygen atoms in total. The van der Waals surface area contributed by atoms with Gasteiger partial charge in [0.2, 0.25) is 0 Å². The minimum atomic E-state index is -0.130. The van der Waals surface area contributed by atoms with Crippen LogP contribution in [0.3, 0.4) is 0 Å². The molecule has 116 valence electrons. The van der Waals surface area contributed by atoms with Gasteiger partial charge in [0.05, 0.1) is 6.10 Å². The molecule has 2 bridgehead atoms. The van der Waals surface area contributed by atoms with Crippen LogP contribution in [0.2, 0.25) is 0 Å². The van der Waals surface area contributed by atoms with Crippen molar-refractivity contribution >= 4 is 5.69 Å². The number of aliphatic hydroxyl groups is 1. The fourth-order valence-electron chi connectivity index (χ4n) is 4.05. The number of benzene rings is 1. The van der Waals surface area contributed by atoms with Crippen molar-refractivity contribution in [1.82, 2.24) is 4.90 Å². The van der Waals surface area contributed by atoms with Crippen molar-refractivity contribution in [1.29, 1.82) is 0 Å². The van der Waals surface area contributed by atoms with Gasteiger partial charge in [0.1, 0.15) is 0 Å². The Bertz CT molecular complexity index is 445. The highest BCUT2D eigenvalue weighted by molar-refractivity contribution is 5.47. The number of piperidine rings is 3. The third-order valence-corrected chi connectivity index (χ3v) is 5.43. The first-order valence-electron chi connectivity index (χ1n) is 8.49. The monoisotopic (exact) mass is 288 g/mol. The van der Waals surface area contributed by atoms with E-state index in [2.05, 4.69) is 47.9 Å². The number of nitrogens with zero attached hydrogens (tertiary/aromatic N) is 2. The Balaban J connectivity index is 1.68. The molecule has 21 heavy (non-hydrogen) atoms. The predicted molar refractivity (Wildman–Crippen MR) is 87.8 cm³/mol. The summed E-state index contributed by atoms with van der Waals surface area (Å²) in [5.41, 5.74) is 2.65. The summed E-state index contributed by atoms with van der Waals surface area (Å²) in [4.78, 5) is 4.85. The molecular formula is C18H28N2O. The van der Waals surface area contributed by atoms with E-state index in [-0.39, 0.29) is 6.10 Å². The zero-order valence-electron chi connectivity index (χ0n) is 13.3. The first-order chi connectivity index (χ1) is 10.2. The van der Waals surface area contributed by atoms with Gasteiger partial charge in [-0.25, -0.2) is 0 Å². The maximum absolute atomic E-state index is 10.5. The van der Waals surface area contributed by atoms with Gasteiger partial charge in [0, 0.05) is 24.8 Å². The van der Waals surface area contributed by atoms with Crippen LogP contribution in [0.15, 0.2) is 24.3 Å². The molecule has 3 saturated heterocycles. The van der Waals surface area contributed by atoms with Gasteiger partial charge < -0.3 is 10.0 Å². The highest BCUT2D eigenvalue weighted by atomic mass is 16.3. The van der Waals surface area contributed by atoms with Gasteiger partial charge in [-0.05, 0) is 69.8 Å². The van der Waals surface area contributed by atoms with Gasteiger partial charge in [-0.3, -0.25) is 4.90 Å². The van der Waals surface area contributed by atoms with Crippen LogP contribution in [-0.4, -0.2) is 48.3 Å². The number of hydrogen-bond donors (Lipinski definition) is 1. The summed E-state index contributed by atoms with van der Waals surface area (Å²) in [7, 11) is 0. The molecule has 0 spiro atoms. The Hall–Kier alpha value is -1.06. The summed E-state index contributed by atoms with van der Waals surface area (Å²) in [6, 6.07) is 9.26. The van der Waals surface area contributed by atoms with E-state index in [1.807, 2.05) is 0 Å². The minimum Gasteiger partial charge on any atom is -0.391 e. The van der Waals surface area contributed by atoms with Crippen LogP contribution in [0.1, 0.15) is 32.3 Å². The van der Waals surface area contributed by atoms with Crippen molar-refractivity contribution in [3.05, 3.63) is 29.8 Å². The molecule has 3 heteroatoms. The molecule has 0 saturated carbocycles. The zero-order chi connectivity index (χ0) is 14.8. The summed E-state index contributed by atoms with van der Waals surface area (Å²) >= 11 is 0. The van der Waals surface area contributed by atoms with Crippen LogP contribution in [0.5, 0.6) is 0 Å². The molecule has 0 aliphatic carbocycles. The molecular weight excluding hydrogens is 260 g/mol. The lowest BCUT2D eigenvalue weighted by Gasteiger charge is -2.49. The van der Waals surface area contributed by atoms with Crippen molar-refractivity contribution < 1.29 is 5.11 Å². The predicted octanol–water partition coefficient (Wildman–Crippen LogP) is 2.53. The molecule has 1 N–H and O–H groups in total. The van der Waals surface area contributed by atoms with E-state index in [1.165, 1.54) is 37.2 Å². The van der Waals surface area contributed by atoms with Crippen LogP contribution >= 0.6 is 0 Å². The summed E-state index contributed by atoms with van der Waals surface area (Å²) < 4.78 is 0. The Morgan fingerprint density at radius 3 is 2.24 bits per heavy atom. The average molecular weight is 288 g/mol. The van der Waals surface area contributed by atoms with Crippen LogP contribution < -0.4 is 4.90 Å². The van der Waals surface area contributed by atoms with Crippen LogP contribution in [-0.2, 0) is 6.42 Å². The number of hydrogen-bond acceptors (Lipinski definition) is 3. The lowest BCUT2D eigenvalue weighted by molar-refractivity contribution is -0.0715. The summed E-state index contributed by atoms with van der Waals surface area (Å²) in [6.45, 7) is 8.83. The van der Waals surface area contributed by atoms with Crippen molar-refractivity contribution in [3.63, 3.8) is 0 Å². The van der Waals surface area contributed by atoms with E-state index < -0.39 is 0 Å². The standard InChI is InChI=1S/C18H28N2O/c1-3-19(4-2)16-7-5-14(6-8-16)13-17-18(21)15-9-11-20(17)12-10-15/h5-8,15,17-18,21H,3-4,9-13H2,1-2H3. The first-order valence-corrected chi connectivity index (χ1v) is 8.49. The van der Waals surface area contributed by atoms with E-state index in [0.717, 1.165) is 19.5 Å². The summed E-state index contributed by atoms with van der Waals surface area (Å²) in [5, 5.41) is 10.5. The number of anilines is 1. The van der Waals surface area contributed by atoms with Gasteiger partial charge in [-0.2, -0.15) is 0 Å². The maximum Gasteiger partial charge on any atom is 0.0727 e. The van der Waals surface area contributed by atoms with E-state index in [0.29, 0.717) is 12.0 Å². The maximum atomic E-state index is 10.5. The number of aliphatic hydroxyl groups excluding tert-OH is 1. The van der Waals surface area contributed by atoms with Gasteiger partial charge in [-0.1, -0.05) is 12.1 Å². The van der Waals surface area contributed by atoms with Gasteiger partial charge >= 0.3 is 0 Å². The van der Waals surface area contributed by atoms with E-state index in [1.54, 1.807) is 0 Å². The van der Waals surface area contributed by atoms with Crippen LogP contribution in [0.25, 0.3) is 0 Å². The van der Waals surface area contributed by atoms with Crippen molar-refractivity contribution in [3.8, 4) is 0 Å². The summed E-state index contributed by atoms with van der Waals surface area (Å²) in [5.74, 6) is 0.537. The summed E-state index contributed by atoms with van der Waals surface area (Å²) in [6.07, 6.45) is 3.21. The van der Waals surface area contributed by atoms with Crippen molar-refractivity contribution in [2.24, 2.45) is 5.92 Å². The lowest BCUT2D eigenvalue weighted by Crippen LogP contribution is -2.58. The Morgan fingerprint density at radius 1 is 1.10 bits per heavy atom. The molecule has 2 atom stereocenters. The minimum absolute atomic E-state index is 0.130. The molecule has 1 aromatic rings. The van der Waals surface area contributed by atoms with Gasteiger partial charge in [-0.15, -0.1) is 0 Å². The highest BCUT2D eigenvalue weighted by Crippen LogP contribution is 2.33. The molecule has 3 aliphatic heterocycles.